The van der Waals surface area contributed by atoms with E-state index in [9.17, 15) is 13.2 Å². The predicted octanol–water partition coefficient (Wildman–Crippen LogP) is 3.71. The van der Waals surface area contributed by atoms with E-state index in [1.807, 2.05) is 13.0 Å². The number of carbonyl (C=O) groups is 1. The van der Waals surface area contributed by atoms with Gasteiger partial charge in [-0.15, -0.1) is 0 Å². The Kier molecular flexibility index (Phi) is 7.89. The Morgan fingerprint density at radius 1 is 1.10 bits per heavy atom. The van der Waals surface area contributed by atoms with Crippen LogP contribution in [0.25, 0.3) is 0 Å². The van der Waals surface area contributed by atoms with Crippen molar-refractivity contribution in [2.45, 2.75) is 25.7 Å². The van der Waals surface area contributed by atoms with Gasteiger partial charge in [0.2, 0.25) is 10.0 Å². The van der Waals surface area contributed by atoms with Crippen LogP contribution in [0.1, 0.15) is 19.4 Å². The van der Waals surface area contributed by atoms with Crippen LogP contribution < -0.4 is 14.8 Å². The highest BCUT2D eigenvalue weighted by atomic mass is 35.5. The number of hydrogen-bond acceptors (Lipinski definition) is 5. The van der Waals surface area contributed by atoms with Gasteiger partial charge in [-0.2, -0.15) is 4.31 Å². The van der Waals surface area contributed by atoms with Crippen LogP contribution in [0.3, 0.4) is 0 Å². The first-order valence-electron chi connectivity index (χ1n) is 9.09. The molecule has 0 aliphatic carbocycles. The van der Waals surface area contributed by atoms with E-state index in [-0.39, 0.29) is 22.3 Å². The first-order valence-corrected chi connectivity index (χ1v) is 10.9. The lowest BCUT2D eigenvalue weighted by Gasteiger charge is -2.20. The van der Waals surface area contributed by atoms with Crippen molar-refractivity contribution in [1.29, 1.82) is 0 Å². The Morgan fingerprint density at radius 3 is 2.38 bits per heavy atom. The van der Waals surface area contributed by atoms with E-state index in [1.165, 1.54) is 29.6 Å². The van der Waals surface area contributed by atoms with Crippen LogP contribution in [0, 0.1) is 6.92 Å². The van der Waals surface area contributed by atoms with Gasteiger partial charge in [0.05, 0.1) is 12.8 Å². The molecule has 0 bridgehead atoms. The van der Waals surface area contributed by atoms with Crippen molar-refractivity contribution < 1.29 is 22.7 Å². The van der Waals surface area contributed by atoms with Crippen molar-refractivity contribution in [2.75, 3.05) is 32.1 Å². The van der Waals surface area contributed by atoms with Gasteiger partial charge >= 0.3 is 0 Å². The molecule has 2 aromatic rings. The molecule has 0 unspecified atom stereocenters. The molecule has 0 spiro atoms. The average Bonchev–Trinajstić information content (AvgIpc) is 2.68. The molecule has 0 radical (unpaired) electrons. The molecule has 1 amide bonds. The number of nitrogens with zero attached hydrogens (tertiary/aromatic N) is 1. The summed E-state index contributed by atoms with van der Waals surface area (Å²) in [4.78, 5) is 12.3. The number of hydrogen-bond donors (Lipinski definition) is 1. The predicted molar refractivity (Wildman–Crippen MR) is 113 cm³/mol. The minimum absolute atomic E-state index is 0.0626. The number of carbonyl (C=O) groups excluding carboxylic acids is 1. The average molecular weight is 441 g/mol. The Hall–Kier alpha value is -2.29. The summed E-state index contributed by atoms with van der Waals surface area (Å²) < 4.78 is 37.9. The Morgan fingerprint density at radius 2 is 1.76 bits per heavy atom. The van der Waals surface area contributed by atoms with Crippen LogP contribution in [0.15, 0.2) is 41.3 Å². The highest BCUT2D eigenvalue weighted by Crippen LogP contribution is 2.30. The second kappa shape index (κ2) is 9.96. The normalized spacial score (nSPS) is 11.4. The SMILES string of the molecule is CCN(CC)S(=O)(=O)c1cc(Cl)ccc1OCC(=O)Nc1cc(C)ccc1OC. The number of halogens is 1. The van der Waals surface area contributed by atoms with Crippen molar-refractivity contribution in [1.82, 2.24) is 4.31 Å². The minimum Gasteiger partial charge on any atom is -0.495 e. The summed E-state index contributed by atoms with van der Waals surface area (Å²) in [6.07, 6.45) is 0. The fourth-order valence-electron chi connectivity index (χ4n) is 2.75. The highest BCUT2D eigenvalue weighted by molar-refractivity contribution is 7.89. The lowest BCUT2D eigenvalue weighted by molar-refractivity contribution is -0.118. The topological polar surface area (TPSA) is 84.9 Å². The molecule has 0 aliphatic heterocycles. The molecular weight excluding hydrogens is 416 g/mol. The van der Waals surface area contributed by atoms with Gasteiger partial charge in [-0.3, -0.25) is 4.79 Å². The highest BCUT2D eigenvalue weighted by Gasteiger charge is 2.26. The third-order valence-electron chi connectivity index (χ3n) is 4.22. The van der Waals surface area contributed by atoms with E-state index >= 15 is 0 Å². The third kappa shape index (κ3) is 5.62. The molecule has 0 heterocycles. The van der Waals surface area contributed by atoms with E-state index in [2.05, 4.69) is 5.32 Å². The maximum Gasteiger partial charge on any atom is 0.262 e. The number of aryl methyl sites for hydroxylation is 1. The largest absolute Gasteiger partial charge is 0.495 e. The molecule has 2 rings (SSSR count). The van der Waals surface area contributed by atoms with E-state index in [1.54, 1.807) is 26.0 Å². The first-order chi connectivity index (χ1) is 13.7. The maximum atomic E-state index is 12.9. The van der Waals surface area contributed by atoms with Gasteiger partial charge < -0.3 is 14.8 Å². The molecule has 0 saturated carbocycles. The molecule has 0 fully saturated rings. The smallest absolute Gasteiger partial charge is 0.262 e. The van der Waals surface area contributed by atoms with Gasteiger partial charge in [-0.25, -0.2) is 8.42 Å². The molecule has 158 valence electrons. The quantitative estimate of drug-likeness (QED) is 0.642. The van der Waals surface area contributed by atoms with Crippen LogP contribution in [0.4, 0.5) is 5.69 Å². The summed E-state index contributed by atoms with van der Waals surface area (Å²) in [6, 6.07) is 9.67. The number of benzene rings is 2. The standard InChI is InChI=1S/C20H25ClN2O5S/c1-5-23(6-2)29(25,26)19-12-15(21)8-10-18(19)28-13-20(24)22-16-11-14(3)7-9-17(16)27-4/h7-12H,5-6,13H2,1-4H3,(H,22,24). The number of anilines is 1. The number of rotatable bonds is 9. The zero-order valence-corrected chi connectivity index (χ0v) is 18.4. The zero-order chi connectivity index (χ0) is 21.6. The van der Waals surface area contributed by atoms with Gasteiger partial charge in [-0.05, 0) is 42.8 Å². The van der Waals surface area contributed by atoms with E-state index in [4.69, 9.17) is 21.1 Å². The van der Waals surface area contributed by atoms with E-state index in [0.717, 1.165) is 5.56 Å². The lowest BCUT2D eigenvalue weighted by atomic mass is 10.2. The van der Waals surface area contributed by atoms with Gasteiger partial charge in [0.25, 0.3) is 5.91 Å². The monoisotopic (exact) mass is 440 g/mol. The molecule has 0 saturated heterocycles. The summed E-state index contributed by atoms with van der Waals surface area (Å²) in [5.41, 5.74) is 1.46. The maximum absolute atomic E-state index is 12.9. The molecule has 1 N–H and O–H groups in total. The van der Waals surface area contributed by atoms with Crippen LogP contribution in [-0.2, 0) is 14.8 Å². The molecule has 7 nitrogen and oxygen atoms in total. The molecule has 0 aromatic heterocycles. The van der Waals surface area contributed by atoms with Crippen molar-refractivity contribution in [3.63, 3.8) is 0 Å². The second-order valence-electron chi connectivity index (χ2n) is 6.22. The summed E-state index contributed by atoms with van der Waals surface area (Å²) in [7, 11) is -2.30. The molecule has 9 heteroatoms. The number of ether oxygens (including phenoxy) is 2. The first kappa shape index (κ1) is 23.0. The molecule has 0 atom stereocenters. The van der Waals surface area contributed by atoms with Crippen molar-refractivity contribution in [2.24, 2.45) is 0 Å². The number of amides is 1. The second-order valence-corrected chi connectivity index (χ2v) is 8.56. The van der Waals surface area contributed by atoms with Crippen LogP contribution in [0.2, 0.25) is 5.02 Å². The molecule has 2 aromatic carbocycles. The van der Waals surface area contributed by atoms with Gasteiger partial charge in [0.1, 0.15) is 16.4 Å². The van der Waals surface area contributed by atoms with Crippen molar-refractivity contribution in [3.8, 4) is 11.5 Å². The zero-order valence-electron chi connectivity index (χ0n) is 16.9. The van der Waals surface area contributed by atoms with Crippen LogP contribution in [-0.4, -0.2) is 45.4 Å². The van der Waals surface area contributed by atoms with Crippen LogP contribution >= 0.6 is 11.6 Å². The van der Waals surface area contributed by atoms with Gasteiger partial charge in [0.15, 0.2) is 6.61 Å². The van der Waals surface area contributed by atoms with Gasteiger partial charge in [0, 0.05) is 18.1 Å². The molecular formula is C20H25ClN2O5S. The number of sulfonamides is 1. The van der Waals surface area contributed by atoms with Crippen molar-refractivity contribution in [3.05, 3.63) is 47.0 Å². The number of methoxy groups -OCH3 is 1. The van der Waals surface area contributed by atoms with Crippen molar-refractivity contribution >= 4 is 33.2 Å². The summed E-state index contributed by atoms with van der Waals surface area (Å²) >= 11 is 6.00. The van der Waals surface area contributed by atoms with Crippen LogP contribution in [0.5, 0.6) is 11.5 Å². The summed E-state index contributed by atoms with van der Waals surface area (Å²) in [5.74, 6) is 0.128. The van der Waals surface area contributed by atoms with E-state index in [0.29, 0.717) is 24.5 Å². The Labute approximate surface area is 176 Å². The Bertz CT molecular complexity index is 975. The van der Waals surface area contributed by atoms with E-state index < -0.39 is 15.9 Å². The summed E-state index contributed by atoms with van der Waals surface area (Å²) in [6.45, 7) is 5.61. The molecule has 29 heavy (non-hydrogen) atoms. The fourth-order valence-corrected chi connectivity index (χ4v) is 4.61. The molecule has 0 aliphatic rings. The third-order valence-corrected chi connectivity index (χ3v) is 6.52. The number of nitrogens with one attached hydrogen (secondary N) is 1. The summed E-state index contributed by atoms with van der Waals surface area (Å²) in [5, 5.41) is 2.97. The lowest BCUT2D eigenvalue weighted by Crippen LogP contribution is -2.31. The minimum atomic E-state index is -3.81. The van der Waals surface area contributed by atoms with Gasteiger partial charge in [-0.1, -0.05) is 31.5 Å². The fraction of sp³-hybridized carbons (Fsp3) is 0.350. The Balaban J connectivity index is 2.21.